The van der Waals surface area contributed by atoms with Crippen LogP contribution in [0, 0.1) is 0 Å². The molecule has 3 rings (SSSR count). The van der Waals surface area contributed by atoms with E-state index < -0.39 is 45.6 Å². The molecule has 1 N–H and O–H groups in total. The van der Waals surface area contributed by atoms with Gasteiger partial charge in [0.15, 0.2) is 0 Å². The molecule has 3 aromatic rings. The SMILES string of the molecule is O=S(=O)(NCc1cc(C(F)(F)F)cc(C(F)(F)F)c1)c1cccc2cccnc12. The van der Waals surface area contributed by atoms with E-state index in [-0.39, 0.29) is 16.5 Å². The van der Waals surface area contributed by atoms with Crippen molar-refractivity contribution in [1.82, 2.24) is 9.71 Å². The molecule has 0 bridgehead atoms. The van der Waals surface area contributed by atoms with Crippen LogP contribution in [-0.4, -0.2) is 13.4 Å². The van der Waals surface area contributed by atoms with Gasteiger partial charge in [-0.2, -0.15) is 26.3 Å². The largest absolute Gasteiger partial charge is 0.416 e. The molecule has 0 spiro atoms. The van der Waals surface area contributed by atoms with E-state index in [4.69, 9.17) is 0 Å². The third-order valence-corrected chi connectivity index (χ3v) is 5.43. The van der Waals surface area contributed by atoms with E-state index in [1.807, 2.05) is 4.72 Å². The van der Waals surface area contributed by atoms with Crippen molar-refractivity contribution in [2.45, 2.75) is 23.8 Å². The molecule has 0 aliphatic rings. The Bertz CT molecular complexity index is 1120. The second-order valence-electron chi connectivity index (χ2n) is 6.07. The van der Waals surface area contributed by atoms with Gasteiger partial charge in [0, 0.05) is 18.1 Å². The number of sulfonamides is 1. The van der Waals surface area contributed by atoms with E-state index in [9.17, 15) is 34.8 Å². The van der Waals surface area contributed by atoms with Crippen molar-refractivity contribution in [2.24, 2.45) is 0 Å². The highest BCUT2D eigenvalue weighted by Crippen LogP contribution is 2.36. The molecule has 0 aliphatic heterocycles. The van der Waals surface area contributed by atoms with Crippen molar-refractivity contribution < 1.29 is 34.8 Å². The maximum absolute atomic E-state index is 12.9. The van der Waals surface area contributed by atoms with Gasteiger partial charge >= 0.3 is 12.4 Å². The molecule has 2 aromatic carbocycles. The lowest BCUT2D eigenvalue weighted by molar-refractivity contribution is -0.143. The molecule has 0 amide bonds. The van der Waals surface area contributed by atoms with Crippen LogP contribution in [-0.2, 0) is 28.9 Å². The van der Waals surface area contributed by atoms with Crippen LogP contribution in [0.3, 0.4) is 0 Å². The van der Waals surface area contributed by atoms with E-state index in [2.05, 4.69) is 4.98 Å². The van der Waals surface area contributed by atoms with Gasteiger partial charge < -0.3 is 0 Å². The topological polar surface area (TPSA) is 59.1 Å². The molecule has 0 atom stereocenters. The monoisotopic (exact) mass is 434 g/mol. The molecule has 0 saturated heterocycles. The first-order valence-corrected chi connectivity index (χ1v) is 9.48. The summed E-state index contributed by atoms with van der Waals surface area (Å²) in [5.41, 5.74) is -3.40. The fourth-order valence-corrected chi connectivity index (χ4v) is 3.87. The van der Waals surface area contributed by atoms with Crippen molar-refractivity contribution in [3.63, 3.8) is 0 Å². The molecule has 1 aromatic heterocycles. The van der Waals surface area contributed by atoms with Crippen LogP contribution in [0.2, 0.25) is 0 Å². The normalized spacial score (nSPS) is 13.0. The predicted molar refractivity (Wildman–Crippen MR) is 92.2 cm³/mol. The zero-order chi connectivity index (χ0) is 21.4. The van der Waals surface area contributed by atoms with E-state index in [0.29, 0.717) is 17.5 Å². The summed E-state index contributed by atoms with van der Waals surface area (Å²) in [6, 6.07) is 8.43. The fraction of sp³-hybridized carbons (Fsp3) is 0.167. The Morgan fingerprint density at radius 3 is 2.03 bits per heavy atom. The van der Waals surface area contributed by atoms with E-state index in [0.717, 1.165) is 0 Å². The Hall–Kier alpha value is -2.66. The molecule has 0 radical (unpaired) electrons. The second kappa shape index (κ2) is 7.30. The second-order valence-corrected chi connectivity index (χ2v) is 7.81. The Morgan fingerprint density at radius 1 is 0.862 bits per heavy atom. The van der Waals surface area contributed by atoms with Gasteiger partial charge in [0.05, 0.1) is 16.6 Å². The molecule has 0 unspecified atom stereocenters. The van der Waals surface area contributed by atoms with Crippen LogP contribution < -0.4 is 4.72 Å². The maximum atomic E-state index is 12.9. The summed E-state index contributed by atoms with van der Waals surface area (Å²) in [6.07, 6.45) is -8.67. The number of aromatic nitrogens is 1. The molecule has 1 heterocycles. The van der Waals surface area contributed by atoms with Gasteiger partial charge in [-0.05, 0) is 35.9 Å². The van der Waals surface area contributed by atoms with Crippen molar-refractivity contribution in [3.05, 3.63) is 71.4 Å². The van der Waals surface area contributed by atoms with Gasteiger partial charge in [0.2, 0.25) is 10.0 Å². The summed E-state index contributed by atoms with van der Waals surface area (Å²) in [5, 5.41) is 0.508. The van der Waals surface area contributed by atoms with E-state index >= 15 is 0 Å². The molecular formula is C18H12F6N2O2S. The van der Waals surface area contributed by atoms with Crippen molar-refractivity contribution >= 4 is 20.9 Å². The highest BCUT2D eigenvalue weighted by molar-refractivity contribution is 7.89. The molecule has 29 heavy (non-hydrogen) atoms. The minimum Gasteiger partial charge on any atom is -0.255 e. The summed E-state index contributed by atoms with van der Waals surface area (Å²) in [5.74, 6) is 0. The molecule has 0 saturated carbocycles. The smallest absolute Gasteiger partial charge is 0.255 e. The van der Waals surface area contributed by atoms with Crippen LogP contribution in [0.15, 0.2) is 59.6 Å². The number of pyridine rings is 1. The number of hydrogen-bond donors (Lipinski definition) is 1. The highest BCUT2D eigenvalue weighted by atomic mass is 32.2. The first kappa shape index (κ1) is 21.1. The predicted octanol–water partition coefficient (Wildman–Crippen LogP) is 4.75. The minimum absolute atomic E-state index is 0.0212. The summed E-state index contributed by atoms with van der Waals surface area (Å²) >= 11 is 0. The lowest BCUT2D eigenvalue weighted by Crippen LogP contribution is -2.24. The van der Waals surface area contributed by atoms with Gasteiger partial charge in [0.1, 0.15) is 4.90 Å². The molecule has 11 heteroatoms. The van der Waals surface area contributed by atoms with Gasteiger partial charge in [-0.3, -0.25) is 4.98 Å². The fourth-order valence-electron chi connectivity index (χ4n) is 2.67. The number of halogens is 6. The van der Waals surface area contributed by atoms with Gasteiger partial charge in [-0.1, -0.05) is 18.2 Å². The van der Waals surface area contributed by atoms with Gasteiger partial charge in [-0.15, -0.1) is 0 Å². The summed E-state index contributed by atoms with van der Waals surface area (Å²) in [4.78, 5) is 3.74. The third-order valence-electron chi connectivity index (χ3n) is 4.00. The summed E-state index contributed by atoms with van der Waals surface area (Å²) in [7, 11) is -4.26. The van der Waals surface area contributed by atoms with E-state index in [1.165, 1.54) is 18.3 Å². The first-order valence-electron chi connectivity index (χ1n) is 8.00. The Kier molecular flexibility index (Phi) is 5.30. The third kappa shape index (κ3) is 4.67. The number of rotatable bonds is 4. The van der Waals surface area contributed by atoms with Gasteiger partial charge in [0.25, 0.3) is 0 Å². The molecule has 154 valence electrons. The summed E-state index contributed by atoms with van der Waals surface area (Å²) < 4.78 is 105. The number of nitrogens with zero attached hydrogens (tertiary/aromatic N) is 1. The lowest BCUT2D eigenvalue weighted by Gasteiger charge is -2.15. The van der Waals surface area contributed by atoms with Crippen molar-refractivity contribution in [3.8, 4) is 0 Å². The zero-order valence-electron chi connectivity index (χ0n) is 14.3. The average Bonchev–Trinajstić information content (AvgIpc) is 2.64. The van der Waals surface area contributed by atoms with Crippen LogP contribution in [0.1, 0.15) is 16.7 Å². The van der Waals surface area contributed by atoms with Crippen molar-refractivity contribution in [1.29, 1.82) is 0 Å². The number of fused-ring (bicyclic) bond motifs is 1. The molecule has 4 nitrogen and oxygen atoms in total. The maximum Gasteiger partial charge on any atom is 0.416 e. The lowest BCUT2D eigenvalue weighted by atomic mass is 10.0. The molecule has 0 fully saturated rings. The Labute approximate surface area is 161 Å². The number of hydrogen-bond acceptors (Lipinski definition) is 3. The van der Waals surface area contributed by atoms with Crippen LogP contribution >= 0.6 is 0 Å². The Balaban J connectivity index is 1.96. The van der Waals surface area contributed by atoms with Crippen LogP contribution in [0.4, 0.5) is 26.3 Å². The standard InChI is InChI=1S/C18H12F6N2O2S/c19-17(20,21)13-7-11(8-14(9-13)18(22,23)24)10-26-29(27,28)15-5-1-3-12-4-2-6-25-16(12)15/h1-9,26H,10H2. The molecule has 0 aliphatic carbocycles. The zero-order valence-corrected chi connectivity index (χ0v) is 15.2. The Morgan fingerprint density at radius 2 is 1.45 bits per heavy atom. The number of para-hydroxylation sites is 1. The average molecular weight is 434 g/mol. The number of alkyl halides is 6. The number of nitrogens with one attached hydrogen (secondary N) is 1. The van der Waals surface area contributed by atoms with Crippen LogP contribution in [0.5, 0.6) is 0 Å². The minimum atomic E-state index is -5.02. The quantitative estimate of drug-likeness (QED) is 0.603. The highest BCUT2D eigenvalue weighted by Gasteiger charge is 2.37. The molecular weight excluding hydrogens is 422 g/mol. The first-order chi connectivity index (χ1) is 13.4. The van der Waals surface area contributed by atoms with Crippen LogP contribution in [0.25, 0.3) is 10.9 Å². The van der Waals surface area contributed by atoms with Crippen molar-refractivity contribution in [2.75, 3.05) is 0 Å². The van der Waals surface area contributed by atoms with E-state index in [1.54, 1.807) is 18.2 Å². The summed E-state index contributed by atoms with van der Waals surface area (Å²) in [6.45, 7) is -0.765. The van der Waals surface area contributed by atoms with Gasteiger partial charge in [-0.25, -0.2) is 13.1 Å². The number of benzene rings is 2.